The van der Waals surface area contributed by atoms with E-state index in [1.807, 2.05) is 18.3 Å². The number of aromatic nitrogens is 3. The van der Waals surface area contributed by atoms with Gasteiger partial charge >= 0.3 is 0 Å². The molecule has 0 aliphatic heterocycles. The number of fused-ring (bicyclic) bond motifs is 3. The van der Waals surface area contributed by atoms with Crippen molar-refractivity contribution >= 4 is 51.0 Å². The van der Waals surface area contributed by atoms with E-state index in [0.717, 1.165) is 33.1 Å². The maximum absolute atomic E-state index is 5.65. The van der Waals surface area contributed by atoms with Gasteiger partial charge in [0.2, 0.25) is 8.07 Å². The summed E-state index contributed by atoms with van der Waals surface area (Å²) >= 11 is 0. The van der Waals surface area contributed by atoms with Crippen molar-refractivity contribution in [1.82, 2.24) is 14.5 Å². The zero-order valence-electron chi connectivity index (χ0n) is 24.1. The Morgan fingerprint density at radius 1 is 0.477 bits per heavy atom. The number of hydrogen-bond acceptors (Lipinski definition) is 2. The van der Waals surface area contributed by atoms with Crippen molar-refractivity contribution in [2.75, 3.05) is 0 Å². The van der Waals surface area contributed by atoms with Crippen LogP contribution in [0.2, 0.25) is 0 Å². The van der Waals surface area contributed by atoms with Crippen LogP contribution >= 0.6 is 0 Å². The van der Waals surface area contributed by atoms with Gasteiger partial charge in [-0.15, -0.1) is 0 Å². The third kappa shape index (κ3) is 4.19. The second-order valence-electron chi connectivity index (χ2n) is 11.0. The Balaban J connectivity index is 1.48. The molecule has 8 rings (SSSR count). The number of rotatable bonds is 6. The number of para-hydroxylation sites is 1. The molecule has 3 heterocycles. The van der Waals surface area contributed by atoms with Gasteiger partial charge in [0.05, 0.1) is 11.0 Å². The molecule has 0 spiro atoms. The Hall–Kier alpha value is -5.58. The zero-order valence-corrected chi connectivity index (χ0v) is 25.1. The molecule has 0 radical (unpaired) electrons. The third-order valence-corrected chi connectivity index (χ3v) is 13.2. The number of benzene rings is 5. The maximum atomic E-state index is 5.65. The summed E-state index contributed by atoms with van der Waals surface area (Å²) in [7, 11) is -2.88. The molecule has 4 heteroatoms. The lowest BCUT2D eigenvalue weighted by Gasteiger charge is -2.33. The van der Waals surface area contributed by atoms with E-state index < -0.39 is 8.07 Å². The second kappa shape index (κ2) is 10.9. The van der Waals surface area contributed by atoms with Crippen LogP contribution in [0.25, 0.3) is 38.9 Å². The first-order chi connectivity index (χ1) is 21.8. The summed E-state index contributed by atoms with van der Waals surface area (Å²) < 4.78 is 2.23. The monoisotopic (exact) mass is 579 g/mol. The smallest absolute Gasteiger partial charge is 0.201 e. The van der Waals surface area contributed by atoms with E-state index in [0.29, 0.717) is 0 Å². The minimum atomic E-state index is -2.88. The SMILES string of the molecule is c1ccc(-c2cccc([Si](c3ccccc3)(c3ccccc3)c3ccc4c(n3)c3cccnc3n4-c3ccccc3)c2)cc1. The van der Waals surface area contributed by atoms with Crippen LogP contribution in [-0.2, 0) is 0 Å². The number of nitrogens with zero attached hydrogens (tertiary/aromatic N) is 3. The quantitative estimate of drug-likeness (QED) is 0.164. The topological polar surface area (TPSA) is 30.7 Å². The Morgan fingerprint density at radius 2 is 1.07 bits per heavy atom. The highest BCUT2D eigenvalue weighted by molar-refractivity contribution is 7.19. The van der Waals surface area contributed by atoms with Crippen LogP contribution in [0.3, 0.4) is 0 Å². The Morgan fingerprint density at radius 3 is 1.75 bits per heavy atom. The molecule has 8 aromatic rings. The average Bonchev–Trinajstić information content (AvgIpc) is 3.44. The van der Waals surface area contributed by atoms with Gasteiger partial charge in [-0.05, 0) is 63.1 Å². The second-order valence-corrected chi connectivity index (χ2v) is 14.8. The molecule has 0 aliphatic carbocycles. The molecule has 0 saturated carbocycles. The minimum absolute atomic E-state index is 0.913. The fourth-order valence-electron chi connectivity index (χ4n) is 6.63. The molecule has 0 atom stereocenters. The van der Waals surface area contributed by atoms with E-state index in [1.165, 1.54) is 26.7 Å². The van der Waals surface area contributed by atoms with Crippen LogP contribution in [0.4, 0.5) is 0 Å². The molecule has 0 bridgehead atoms. The fraction of sp³-hybridized carbons (Fsp3) is 0. The predicted molar refractivity (Wildman–Crippen MR) is 185 cm³/mol. The van der Waals surface area contributed by atoms with Crippen LogP contribution in [0, 0.1) is 0 Å². The summed E-state index contributed by atoms with van der Waals surface area (Å²) in [6, 6.07) is 60.8. The van der Waals surface area contributed by atoms with Crippen LogP contribution in [-0.4, -0.2) is 22.6 Å². The van der Waals surface area contributed by atoms with Gasteiger partial charge in [-0.25, -0.2) is 4.98 Å². The molecule has 0 aliphatic rings. The van der Waals surface area contributed by atoms with E-state index >= 15 is 0 Å². The zero-order chi connectivity index (χ0) is 29.3. The van der Waals surface area contributed by atoms with Crippen LogP contribution in [0.15, 0.2) is 176 Å². The lowest BCUT2D eigenvalue weighted by atomic mass is 10.1. The normalized spacial score (nSPS) is 11.6. The summed E-state index contributed by atoms with van der Waals surface area (Å²) in [4.78, 5) is 10.5. The molecule has 3 aromatic heterocycles. The summed E-state index contributed by atoms with van der Waals surface area (Å²) in [6.07, 6.45) is 1.86. The molecule has 0 saturated heterocycles. The molecule has 5 aromatic carbocycles. The highest BCUT2D eigenvalue weighted by Crippen LogP contribution is 2.29. The van der Waals surface area contributed by atoms with Crippen molar-refractivity contribution in [2.24, 2.45) is 0 Å². The minimum Gasteiger partial charge on any atom is -0.292 e. The van der Waals surface area contributed by atoms with Crippen LogP contribution in [0.5, 0.6) is 0 Å². The van der Waals surface area contributed by atoms with Gasteiger partial charge in [0.1, 0.15) is 5.65 Å². The van der Waals surface area contributed by atoms with Crippen molar-refractivity contribution in [1.29, 1.82) is 0 Å². The lowest BCUT2D eigenvalue weighted by Crippen LogP contribution is -2.75. The Labute approximate surface area is 257 Å². The van der Waals surface area contributed by atoms with Gasteiger partial charge in [0.15, 0.2) is 0 Å². The van der Waals surface area contributed by atoms with Gasteiger partial charge in [-0.3, -0.25) is 9.55 Å². The fourth-order valence-corrected chi connectivity index (χ4v) is 11.2. The summed E-state index contributed by atoms with van der Waals surface area (Å²) in [6.45, 7) is 0. The first-order valence-electron chi connectivity index (χ1n) is 14.9. The first kappa shape index (κ1) is 26.1. The molecule has 0 unspecified atom stereocenters. The standard InChI is InChI=1S/C40H29N3Si/c1-5-15-30(16-6-1)31-17-13-24-35(29-31)44(33-20-9-3-10-21-33,34-22-11-4-12-23-34)38-27-26-37-39(42-38)36-25-14-28-41-40(36)43(37)32-18-7-2-8-19-32/h1-29H. The van der Waals surface area contributed by atoms with Gasteiger partial charge in [-0.1, -0.05) is 133 Å². The first-order valence-corrected chi connectivity index (χ1v) is 16.9. The third-order valence-electron chi connectivity index (χ3n) is 8.58. The molecule has 0 amide bonds. The largest absolute Gasteiger partial charge is 0.292 e. The van der Waals surface area contributed by atoms with E-state index in [1.54, 1.807) is 0 Å². The highest BCUT2D eigenvalue weighted by Gasteiger charge is 2.43. The molecular weight excluding hydrogens is 551 g/mol. The Bertz CT molecular complexity index is 2170. The number of pyridine rings is 2. The van der Waals surface area contributed by atoms with E-state index in [2.05, 4.69) is 162 Å². The highest BCUT2D eigenvalue weighted by atomic mass is 28.3. The predicted octanol–water partition coefficient (Wildman–Crippen LogP) is 6.62. The molecule has 0 fully saturated rings. The van der Waals surface area contributed by atoms with Crippen molar-refractivity contribution in [3.63, 3.8) is 0 Å². The lowest BCUT2D eigenvalue weighted by molar-refractivity contribution is 1.13. The average molecular weight is 580 g/mol. The Kier molecular flexibility index (Phi) is 6.47. The molecule has 3 nitrogen and oxygen atoms in total. The summed E-state index contributed by atoms with van der Waals surface area (Å²) in [5, 5.41) is 6.05. The van der Waals surface area contributed by atoms with Crippen molar-refractivity contribution in [3.8, 4) is 16.8 Å². The van der Waals surface area contributed by atoms with E-state index in [-0.39, 0.29) is 0 Å². The van der Waals surface area contributed by atoms with E-state index in [9.17, 15) is 0 Å². The van der Waals surface area contributed by atoms with Gasteiger partial charge in [0.25, 0.3) is 0 Å². The van der Waals surface area contributed by atoms with Gasteiger partial charge in [-0.2, -0.15) is 0 Å². The van der Waals surface area contributed by atoms with Crippen LogP contribution in [0.1, 0.15) is 0 Å². The van der Waals surface area contributed by atoms with Gasteiger partial charge in [0, 0.05) is 22.6 Å². The molecule has 44 heavy (non-hydrogen) atoms. The molecular formula is C40H29N3Si. The summed E-state index contributed by atoms with van der Waals surface area (Å²) in [5.41, 5.74) is 6.42. The van der Waals surface area contributed by atoms with E-state index in [4.69, 9.17) is 9.97 Å². The van der Waals surface area contributed by atoms with Gasteiger partial charge < -0.3 is 0 Å². The van der Waals surface area contributed by atoms with Crippen LogP contribution < -0.4 is 20.9 Å². The number of hydrogen-bond donors (Lipinski definition) is 0. The maximum Gasteiger partial charge on any atom is 0.201 e. The van der Waals surface area contributed by atoms with Crippen molar-refractivity contribution in [3.05, 3.63) is 176 Å². The molecule has 0 N–H and O–H groups in total. The van der Waals surface area contributed by atoms with Crippen molar-refractivity contribution < 1.29 is 0 Å². The molecule has 208 valence electrons. The van der Waals surface area contributed by atoms with Crippen molar-refractivity contribution in [2.45, 2.75) is 0 Å². The summed E-state index contributed by atoms with van der Waals surface area (Å²) in [5.74, 6) is 0.